The number of methoxy groups -OCH3 is 1. The van der Waals surface area contributed by atoms with E-state index in [1.165, 1.54) is 11.3 Å². The molecule has 1 fully saturated rings. The van der Waals surface area contributed by atoms with Crippen LogP contribution in [0.1, 0.15) is 34.3 Å². The third kappa shape index (κ3) is 3.00. The van der Waals surface area contributed by atoms with Crippen molar-refractivity contribution in [1.29, 1.82) is 0 Å². The van der Waals surface area contributed by atoms with Crippen molar-refractivity contribution in [3.8, 4) is 5.75 Å². The number of hydrogen-bond donors (Lipinski definition) is 1. The number of aryl methyl sites for hydroxylation is 1. The minimum Gasteiger partial charge on any atom is -0.495 e. The van der Waals surface area contributed by atoms with Gasteiger partial charge in [0.15, 0.2) is 0 Å². The minimum atomic E-state index is -0.0810. The minimum absolute atomic E-state index is 0.0308. The molecule has 0 spiro atoms. The largest absolute Gasteiger partial charge is 0.495 e. The van der Waals surface area contributed by atoms with Crippen LogP contribution in [0.3, 0.4) is 0 Å². The number of nitrogens with one attached hydrogen (secondary N) is 1. The van der Waals surface area contributed by atoms with Crippen LogP contribution in [0, 0.1) is 0 Å². The molecule has 0 bridgehead atoms. The average molecular weight is 321 g/mol. The highest BCUT2D eigenvalue weighted by Crippen LogP contribution is 2.29. The topological polar surface area (TPSA) is 65.4 Å². The number of nitrogens with zero attached hydrogens (tertiary/aromatic N) is 2. The molecule has 1 aliphatic rings. The van der Waals surface area contributed by atoms with E-state index in [1.807, 2.05) is 29.3 Å². The second-order valence-electron chi connectivity index (χ2n) is 5.30. The summed E-state index contributed by atoms with van der Waals surface area (Å²) < 4.78 is 13.0. The normalized spacial score (nSPS) is 21.5. The van der Waals surface area contributed by atoms with Crippen LogP contribution >= 0.6 is 11.3 Å². The number of amides is 1. The van der Waals surface area contributed by atoms with E-state index in [0.717, 1.165) is 18.5 Å². The van der Waals surface area contributed by atoms with Crippen molar-refractivity contribution in [1.82, 2.24) is 14.9 Å². The first-order valence-electron chi connectivity index (χ1n) is 7.19. The molecular formula is C15H19N3O3S. The van der Waals surface area contributed by atoms with Crippen LogP contribution in [0.25, 0.3) is 0 Å². The molecule has 1 aliphatic heterocycles. The highest BCUT2D eigenvalue weighted by molar-refractivity contribution is 7.12. The lowest BCUT2D eigenvalue weighted by atomic mass is 10.0. The number of hydrogen-bond acceptors (Lipinski definition) is 5. The van der Waals surface area contributed by atoms with Crippen LogP contribution < -0.4 is 10.1 Å². The summed E-state index contributed by atoms with van der Waals surface area (Å²) in [4.78, 5) is 17.1. The summed E-state index contributed by atoms with van der Waals surface area (Å²) in [5.74, 6) is 0.542. The lowest BCUT2D eigenvalue weighted by Crippen LogP contribution is -2.39. The maximum absolute atomic E-state index is 12.4. The first-order chi connectivity index (χ1) is 10.7. The maximum Gasteiger partial charge on any atom is 0.265 e. The molecule has 0 aliphatic carbocycles. The van der Waals surface area contributed by atoms with Crippen LogP contribution in [0.15, 0.2) is 24.0 Å². The van der Waals surface area contributed by atoms with Gasteiger partial charge >= 0.3 is 0 Å². The third-order valence-corrected chi connectivity index (χ3v) is 4.75. The van der Waals surface area contributed by atoms with Crippen molar-refractivity contribution in [2.75, 3.05) is 13.7 Å². The number of carbonyl (C=O) groups is 1. The van der Waals surface area contributed by atoms with E-state index in [-0.39, 0.29) is 18.1 Å². The lowest BCUT2D eigenvalue weighted by molar-refractivity contribution is -0.00299. The van der Waals surface area contributed by atoms with Gasteiger partial charge < -0.3 is 19.4 Å². The van der Waals surface area contributed by atoms with E-state index < -0.39 is 0 Å². The molecule has 2 aromatic heterocycles. The van der Waals surface area contributed by atoms with E-state index in [4.69, 9.17) is 9.47 Å². The molecule has 3 heterocycles. The van der Waals surface area contributed by atoms with Crippen molar-refractivity contribution in [3.63, 3.8) is 0 Å². The molecule has 2 aromatic rings. The first-order valence-corrected chi connectivity index (χ1v) is 8.07. The quantitative estimate of drug-likeness (QED) is 0.937. The summed E-state index contributed by atoms with van der Waals surface area (Å²) in [5, 5.41) is 4.95. The van der Waals surface area contributed by atoms with Crippen LogP contribution in [0.2, 0.25) is 0 Å². The van der Waals surface area contributed by atoms with Gasteiger partial charge in [-0.3, -0.25) is 4.79 Å². The molecule has 2 atom stereocenters. The van der Waals surface area contributed by atoms with E-state index in [2.05, 4.69) is 10.3 Å². The summed E-state index contributed by atoms with van der Waals surface area (Å²) in [7, 11) is 3.52. The fourth-order valence-corrected chi connectivity index (χ4v) is 3.45. The number of thiophene rings is 1. The Hall–Kier alpha value is -1.86. The highest BCUT2D eigenvalue weighted by Gasteiger charge is 2.27. The van der Waals surface area contributed by atoms with E-state index in [1.54, 1.807) is 13.4 Å². The van der Waals surface area contributed by atoms with Gasteiger partial charge in [-0.2, -0.15) is 0 Å². The molecule has 3 rings (SSSR count). The zero-order valence-electron chi connectivity index (χ0n) is 12.6. The van der Waals surface area contributed by atoms with Gasteiger partial charge in [0.05, 0.1) is 25.3 Å². The maximum atomic E-state index is 12.4. The third-order valence-electron chi connectivity index (χ3n) is 3.86. The van der Waals surface area contributed by atoms with Crippen molar-refractivity contribution in [2.45, 2.75) is 25.0 Å². The van der Waals surface area contributed by atoms with Gasteiger partial charge in [-0.15, -0.1) is 11.3 Å². The smallest absolute Gasteiger partial charge is 0.265 e. The summed E-state index contributed by atoms with van der Waals surface area (Å²) in [6.45, 7) is 0.627. The fraction of sp³-hybridized carbons (Fsp3) is 0.467. The Kier molecular flexibility index (Phi) is 4.44. The van der Waals surface area contributed by atoms with Crippen molar-refractivity contribution < 1.29 is 14.3 Å². The highest BCUT2D eigenvalue weighted by atomic mass is 32.1. The van der Waals surface area contributed by atoms with Crippen LogP contribution in [0.5, 0.6) is 5.75 Å². The molecule has 0 saturated carbocycles. The van der Waals surface area contributed by atoms with E-state index in [0.29, 0.717) is 17.2 Å². The van der Waals surface area contributed by atoms with Crippen molar-refractivity contribution in [2.24, 2.45) is 7.05 Å². The summed E-state index contributed by atoms with van der Waals surface area (Å²) in [6, 6.07) is 1.90. The van der Waals surface area contributed by atoms with Crippen molar-refractivity contribution >= 4 is 17.2 Å². The Balaban J connectivity index is 1.65. The van der Waals surface area contributed by atoms with Gasteiger partial charge in [0.2, 0.25) is 0 Å². The number of carbonyl (C=O) groups excluding carboxylic acids is 1. The van der Waals surface area contributed by atoms with Gasteiger partial charge in [0.1, 0.15) is 16.7 Å². The second-order valence-corrected chi connectivity index (χ2v) is 6.22. The van der Waals surface area contributed by atoms with Crippen molar-refractivity contribution in [3.05, 3.63) is 34.5 Å². The molecule has 0 radical (unpaired) electrons. The molecule has 1 amide bonds. The standard InChI is InChI=1S/C15H19N3O3S/c1-18-9-16-8-11(18)13-7-10(3-5-21-13)17-15(19)14-12(20-2)4-6-22-14/h4,6,8-10,13H,3,5,7H2,1-2H3,(H,17,19)/t10-,13-/m0/s1. The van der Waals surface area contributed by atoms with Gasteiger partial charge in [-0.05, 0) is 24.3 Å². The molecule has 1 saturated heterocycles. The van der Waals surface area contributed by atoms with E-state index in [9.17, 15) is 4.79 Å². The molecule has 0 unspecified atom stereocenters. The molecular weight excluding hydrogens is 302 g/mol. The Morgan fingerprint density at radius 2 is 2.45 bits per heavy atom. The van der Waals surface area contributed by atoms with Gasteiger partial charge in [-0.25, -0.2) is 4.98 Å². The molecule has 0 aromatic carbocycles. The number of aromatic nitrogens is 2. The zero-order chi connectivity index (χ0) is 15.5. The Morgan fingerprint density at radius 3 is 3.18 bits per heavy atom. The number of imidazole rings is 1. The monoisotopic (exact) mass is 321 g/mol. The molecule has 1 N–H and O–H groups in total. The Labute approximate surface area is 133 Å². The lowest BCUT2D eigenvalue weighted by Gasteiger charge is -2.30. The van der Waals surface area contributed by atoms with E-state index >= 15 is 0 Å². The Morgan fingerprint density at radius 1 is 1.59 bits per heavy atom. The average Bonchev–Trinajstić information content (AvgIpc) is 3.15. The second kappa shape index (κ2) is 6.50. The van der Waals surface area contributed by atoms with Gasteiger partial charge in [-0.1, -0.05) is 0 Å². The number of ether oxygens (including phenoxy) is 2. The van der Waals surface area contributed by atoms with Crippen LogP contribution in [-0.2, 0) is 11.8 Å². The summed E-state index contributed by atoms with van der Waals surface area (Å²) in [6.07, 6.45) is 5.11. The molecule has 7 heteroatoms. The Bertz CT molecular complexity index is 652. The first kappa shape index (κ1) is 15.1. The zero-order valence-corrected chi connectivity index (χ0v) is 13.4. The summed E-state index contributed by atoms with van der Waals surface area (Å²) >= 11 is 1.39. The number of rotatable bonds is 4. The summed E-state index contributed by atoms with van der Waals surface area (Å²) in [5.41, 5.74) is 1.03. The molecule has 6 nitrogen and oxygen atoms in total. The van der Waals surface area contributed by atoms with Crippen LogP contribution in [-0.4, -0.2) is 35.2 Å². The van der Waals surface area contributed by atoms with Crippen LogP contribution in [0.4, 0.5) is 0 Å². The SMILES string of the molecule is COc1ccsc1C(=O)N[C@H]1CCO[C@H](c2cncn2C)C1. The molecule has 118 valence electrons. The molecule has 22 heavy (non-hydrogen) atoms. The predicted molar refractivity (Wildman–Crippen MR) is 83.3 cm³/mol. The van der Waals surface area contributed by atoms with Gasteiger partial charge in [0.25, 0.3) is 5.91 Å². The van der Waals surface area contributed by atoms with Gasteiger partial charge in [0, 0.05) is 19.7 Å². The fourth-order valence-electron chi connectivity index (χ4n) is 2.69. The predicted octanol–water partition coefficient (Wildman–Crippen LogP) is 2.14.